The zero-order valence-electron chi connectivity index (χ0n) is 11.2. The van der Waals surface area contributed by atoms with Crippen molar-refractivity contribution in [1.29, 1.82) is 0 Å². The van der Waals surface area contributed by atoms with Crippen LogP contribution >= 0.6 is 11.3 Å². The van der Waals surface area contributed by atoms with Crippen molar-refractivity contribution >= 4 is 33.7 Å². The molecule has 0 aliphatic heterocycles. The quantitative estimate of drug-likeness (QED) is 0.715. The topological polar surface area (TPSA) is 63.8 Å². The van der Waals surface area contributed by atoms with Crippen LogP contribution in [-0.4, -0.2) is 9.97 Å². The van der Waals surface area contributed by atoms with E-state index in [-0.39, 0.29) is 6.04 Å². The zero-order chi connectivity index (χ0) is 13.9. The van der Waals surface area contributed by atoms with Crippen molar-refractivity contribution in [3.63, 3.8) is 0 Å². The van der Waals surface area contributed by atoms with Gasteiger partial charge in [0.05, 0.1) is 11.6 Å². The maximum Gasteiger partial charge on any atom is 0.127 e. The summed E-state index contributed by atoms with van der Waals surface area (Å²) in [4.78, 5) is 8.99. The number of hydrogen-bond donors (Lipinski definition) is 2. The smallest absolute Gasteiger partial charge is 0.127 e. The van der Waals surface area contributed by atoms with Crippen LogP contribution in [0.1, 0.15) is 24.4 Å². The van der Waals surface area contributed by atoms with Gasteiger partial charge in [0, 0.05) is 22.7 Å². The molecule has 0 saturated carbocycles. The van der Waals surface area contributed by atoms with Crippen molar-refractivity contribution in [2.24, 2.45) is 0 Å². The van der Waals surface area contributed by atoms with Crippen molar-refractivity contribution < 1.29 is 0 Å². The molecule has 0 amide bonds. The van der Waals surface area contributed by atoms with Gasteiger partial charge in [-0.3, -0.25) is 0 Å². The van der Waals surface area contributed by atoms with E-state index >= 15 is 0 Å². The second-order valence-corrected chi connectivity index (χ2v) is 5.55. The molecule has 5 heteroatoms. The highest BCUT2D eigenvalue weighted by Crippen LogP contribution is 2.25. The Labute approximate surface area is 121 Å². The summed E-state index contributed by atoms with van der Waals surface area (Å²) >= 11 is 1.66. The summed E-state index contributed by atoms with van der Waals surface area (Å²) in [5, 5.41) is 7.58. The van der Waals surface area contributed by atoms with Crippen LogP contribution in [-0.2, 0) is 0 Å². The largest absolute Gasteiger partial charge is 0.399 e. The molecule has 2 heterocycles. The maximum absolute atomic E-state index is 5.78. The minimum Gasteiger partial charge on any atom is -0.399 e. The van der Waals surface area contributed by atoms with Crippen molar-refractivity contribution in [2.75, 3.05) is 11.1 Å². The molecule has 102 valence electrons. The van der Waals surface area contributed by atoms with Gasteiger partial charge in [0.1, 0.15) is 10.8 Å². The van der Waals surface area contributed by atoms with Crippen LogP contribution in [0.4, 0.5) is 11.5 Å². The summed E-state index contributed by atoms with van der Waals surface area (Å²) in [5.74, 6) is 0.865. The van der Waals surface area contributed by atoms with Crippen LogP contribution in [0.2, 0.25) is 0 Å². The third kappa shape index (κ3) is 2.58. The lowest BCUT2D eigenvalue weighted by molar-refractivity contribution is 0.738. The summed E-state index contributed by atoms with van der Waals surface area (Å²) < 4.78 is 0. The molecule has 0 aliphatic rings. The molecule has 0 bridgehead atoms. The Morgan fingerprint density at radius 2 is 2.20 bits per heavy atom. The molecule has 0 spiro atoms. The van der Waals surface area contributed by atoms with Crippen LogP contribution in [0.3, 0.4) is 0 Å². The zero-order valence-corrected chi connectivity index (χ0v) is 12.0. The summed E-state index contributed by atoms with van der Waals surface area (Å²) in [6, 6.07) is 9.98. The van der Waals surface area contributed by atoms with Gasteiger partial charge in [-0.1, -0.05) is 6.92 Å². The molecule has 0 fully saturated rings. The lowest BCUT2D eigenvalue weighted by Crippen LogP contribution is -2.10. The van der Waals surface area contributed by atoms with Gasteiger partial charge in [0.2, 0.25) is 0 Å². The van der Waals surface area contributed by atoms with Crippen LogP contribution in [0.25, 0.3) is 10.9 Å². The SMILES string of the molecule is CCC(Nc1ccc2cc(N)ccc2n1)c1nccs1. The first-order chi connectivity index (χ1) is 9.76. The Kier molecular flexibility index (Phi) is 3.52. The average molecular weight is 284 g/mol. The second kappa shape index (κ2) is 5.46. The minimum atomic E-state index is 0.203. The highest BCUT2D eigenvalue weighted by molar-refractivity contribution is 7.09. The van der Waals surface area contributed by atoms with Crippen LogP contribution in [0.5, 0.6) is 0 Å². The number of anilines is 2. The minimum absolute atomic E-state index is 0.203. The third-order valence-electron chi connectivity index (χ3n) is 3.19. The van der Waals surface area contributed by atoms with Gasteiger partial charge < -0.3 is 11.1 Å². The predicted molar refractivity (Wildman–Crippen MR) is 84.9 cm³/mol. The summed E-state index contributed by atoms with van der Waals surface area (Å²) in [5.41, 5.74) is 7.48. The van der Waals surface area contributed by atoms with E-state index in [1.165, 1.54) is 0 Å². The van der Waals surface area contributed by atoms with Crippen molar-refractivity contribution in [3.8, 4) is 0 Å². The number of hydrogen-bond acceptors (Lipinski definition) is 5. The molecule has 1 aromatic carbocycles. The van der Waals surface area contributed by atoms with Gasteiger partial charge in [-0.2, -0.15) is 0 Å². The third-order valence-corrected chi connectivity index (χ3v) is 4.08. The van der Waals surface area contributed by atoms with E-state index in [1.807, 2.05) is 41.9 Å². The number of pyridine rings is 1. The Morgan fingerprint density at radius 1 is 1.30 bits per heavy atom. The number of benzene rings is 1. The number of aromatic nitrogens is 2. The molecule has 1 unspecified atom stereocenters. The van der Waals surface area contributed by atoms with E-state index in [0.717, 1.165) is 33.8 Å². The Hall–Kier alpha value is -2.14. The normalized spacial score (nSPS) is 12.4. The molecule has 4 nitrogen and oxygen atoms in total. The molecule has 0 saturated heterocycles. The van der Waals surface area contributed by atoms with Gasteiger partial charge in [-0.15, -0.1) is 11.3 Å². The number of nitrogen functional groups attached to an aromatic ring is 1. The van der Waals surface area contributed by atoms with Crippen molar-refractivity contribution in [2.45, 2.75) is 19.4 Å². The maximum atomic E-state index is 5.78. The predicted octanol–water partition coefficient (Wildman–Crippen LogP) is 3.84. The standard InChI is InChI=1S/C15H16N4S/c1-2-12(15-17-7-8-20-15)18-14-6-3-10-9-11(16)4-5-13(10)19-14/h3-9,12H,2,16H2,1H3,(H,18,19). The van der Waals surface area contributed by atoms with E-state index in [0.29, 0.717) is 0 Å². The number of fused-ring (bicyclic) bond motifs is 1. The van der Waals surface area contributed by atoms with E-state index in [1.54, 1.807) is 11.3 Å². The molecule has 3 aromatic rings. The van der Waals surface area contributed by atoms with Crippen LogP contribution in [0.15, 0.2) is 41.9 Å². The Morgan fingerprint density at radius 3 is 2.95 bits per heavy atom. The van der Waals surface area contributed by atoms with Gasteiger partial charge in [-0.25, -0.2) is 9.97 Å². The lowest BCUT2D eigenvalue weighted by Gasteiger charge is -2.15. The fourth-order valence-electron chi connectivity index (χ4n) is 2.15. The number of thiazole rings is 1. The van der Waals surface area contributed by atoms with Crippen LogP contribution < -0.4 is 11.1 Å². The highest BCUT2D eigenvalue weighted by atomic mass is 32.1. The molecular formula is C15H16N4S. The molecule has 3 N–H and O–H groups in total. The fraction of sp³-hybridized carbons (Fsp3) is 0.200. The summed E-state index contributed by atoms with van der Waals surface area (Å²) in [6.07, 6.45) is 2.80. The fourth-order valence-corrected chi connectivity index (χ4v) is 2.92. The van der Waals surface area contributed by atoms with Crippen LogP contribution in [0, 0.1) is 0 Å². The molecule has 0 aliphatic carbocycles. The molecule has 1 atom stereocenters. The number of nitrogens with one attached hydrogen (secondary N) is 1. The van der Waals surface area contributed by atoms with Crippen molar-refractivity contribution in [3.05, 3.63) is 46.9 Å². The Bertz CT molecular complexity index is 709. The first-order valence-corrected chi connectivity index (χ1v) is 7.46. The monoisotopic (exact) mass is 284 g/mol. The van der Waals surface area contributed by atoms with E-state index in [2.05, 4.69) is 22.2 Å². The highest BCUT2D eigenvalue weighted by Gasteiger charge is 2.12. The second-order valence-electron chi connectivity index (χ2n) is 4.62. The first-order valence-electron chi connectivity index (χ1n) is 6.58. The summed E-state index contributed by atoms with van der Waals surface area (Å²) in [7, 11) is 0. The van der Waals surface area contributed by atoms with E-state index in [4.69, 9.17) is 5.73 Å². The first kappa shape index (κ1) is 12.9. The van der Waals surface area contributed by atoms with Gasteiger partial charge in [0.25, 0.3) is 0 Å². The summed E-state index contributed by atoms with van der Waals surface area (Å²) in [6.45, 7) is 2.14. The number of rotatable bonds is 4. The molecule has 3 rings (SSSR count). The van der Waals surface area contributed by atoms with Gasteiger partial charge in [0.15, 0.2) is 0 Å². The van der Waals surface area contributed by atoms with E-state index in [9.17, 15) is 0 Å². The average Bonchev–Trinajstić information content (AvgIpc) is 2.99. The number of nitrogens with zero attached hydrogens (tertiary/aromatic N) is 2. The molecule has 2 aromatic heterocycles. The molecule has 0 radical (unpaired) electrons. The lowest BCUT2D eigenvalue weighted by atomic mass is 10.2. The Balaban J connectivity index is 1.88. The van der Waals surface area contributed by atoms with Gasteiger partial charge >= 0.3 is 0 Å². The molecule has 20 heavy (non-hydrogen) atoms. The molecular weight excluding hydrogens is 268 g/mol. The van der Waals surface area contributed by atoms with Crippen molar-refractivity contribution in [1.82, 2.24) is 9.97 Å². The number of nitrogens with two attached hydrogens (primary N) is 1. The van der Waals surface area contributed by atoms with E-state index < -0.39 is 0 Å². The van der Waals surface area contributed by atoms with Gasteiger partial charge in [-0.05, 0) is 36.8 Å².